The van der Waals surface area contributed by atoms with Crippen LogP contribution in [0.15, 0.2) is 71.7 Å². The third-order valence-corrected chi connectivity index (χ3v) is 4.55. The molecule has 0 bridgehead atoms. The number of nitrogens with zero attached hydrogens (tertiary/aromatic N) is 3. The molecule has 0 aliphatic rings. The third-order valence-electron chi connectivity index (χ3n) is 4.55. The number of benzene rings is 2. The van der Waals surface area contributed by atoms with E-state index in [2.05, 4.69) is 15.2 Å². The van der Waals surface area contributed by atoms with Crippen molar-refractivity contribution in [3.8, 4) is 22.6 Å². The van der Waals surface area contributed by atoms with Crippen molar-refractivity contribution >= 4 is 5.78 Å². The summed E-state index contributed by atoms with van der Waals surface area (Å²) in [5.74, 6) is -0.414. The van der Waals surface area contributed by atoms with Crippen LogP contribution < -0.4 is 0 Å². The van der Waals surface area contributed by atoms with Crippen LogP contribution in [0, 0.1) is 12.7 Å². The molecule has 0 aliphatic heterocycles. The van der Waals surface area contributed by atoms with Crippen molar-refractivity contribution in [2.45, 2.75) is 13.3 Å². The van der Waals surface area contributed by atoms with Gasteiger partial charge >= 0.3 is 0 Å². The molecular formula is C22H16FN3O2. The minimum Gasteiger partial charge on any atom is -0.423 e. The first-order valence-electron chi connectivity index (χ1n) is 8.71. The standard InChI is InChI=1S/C22H16FN3O2/c1-14-2-5-17(22-26-25-13-28-22)11-19(14)16-6-3-15(4-7-16)10-21(27)18-8-9-24-12-20(18)23/h2-9,11-13H,10H2,1H3. The summed E-state index contributed by atoms with van der Waals surface area (Å²) in [4.78, 5) is 16.0. The van der Waals surface area contributed by atoms with Crippen LogP contribution in [0.25, 0.3) is 22.6 Å². The van der Waals surface area contributed by atoms with Crippen LogP contribution in [-0.4, -0.2) is 21.0 Å². The fourth-order valence-electron chi connectivity index (χ4n) is 3.05. The number of carbonyl (C=O) groups is 1. The highest BCUT2D eigenvalue weighted by molar-refractivity contribution is 5.97. The number of Topliss-reactive ketones (excluding diaryl/α,β-unsaturated/α-hetero) is 1. The van der Waals surface area contributed by atoms with Gasteiger partial charge in [0.15, 0.2) is 11.6 Å². The second-order valence-electron chi connectivity index (χ2n) is 6.43. The number of aryl methyl sites for hydroxylation is 1. The van der Waals surface area contributed by atoms with Crippen LogP contribution in [0.1, 0.15) is 21.5 Å². The van der Waals surface area contributed by atoms with E-state index in [4.69, 9.17) is 4.42 Å². The smallest absolute Gasteiger partial charge is 0.247 e. The van der Waals surface area contributed by atoms with E-state index in [1.807, 2.05) is 49.4 Å². The molecule has 0 saturated heterocycles. The predicted octanol–water partition coefficient (Wildman–Crippen LogP) is 4.67. The number of hydrogen-bond acceptors (Lipinski definition) is 5. The summed E-state index contributed by atoms with van der Waals surface area (Å²) >= 11 is 0. The molecule has 0 amide bonds. The number of ketones is 1. The Labute approximate surface area is 160 Å². The minimum absolute atomic E-state index is 0.0576. The maximum Gasteiger partial charge on any atom is 0.247 e. The molecular weight excluding hydrogens is 357 g/mol. The normalized spacial score (nSPS) is 10.8. The Morgan fingerprint density at radius 1 is 1.07 bits per heavy atom. The molecule has 0 spiro atoms. The third kappa shape index (κ3) is 3.57. The Bertz CT molecular complexity index is 1120. The molecule has 0 atom stereocenters. The zero-order chi connectivity index (χ0) is 19.5. The van der Waals surface area contributed by atoms with E-state index in [9.17, 15) is 9.18 Å². The number of pyridine rings is 1. The molecule has 6 heteroatoms. The van der Waals surface area contributed by atoms with Crippen LogP contribution in [-0.2, 0) is 6.42 Å². The summed E-state index contributed by atoms with van der Waals surface area (Å²) in [6.07, 6.45) is 3.89. The summed E-state index contributed by atoms with van der Waals surface area (Å²) in [6, 6.07) is 15.0. The van der Waals surface area contributed by atoms with Crippen LogP contribution >= 0.6 is 0 Å². The summed E-state index contributed by atoms with van der Waals surface area (Å²) in [5.41, 5.74) is 4.85. The minimum atomic E-state index is -0.599. The molecule has 2 aromatic carbocycles. The number of hydrogen-bond donors (Lipinski definition) is 0. The average molecular weight is 373 g/mol. The Morgan fingerprint density at radius 2 is 1.86 bits per heavy atom. The molecule has 4 aromatic rings. The fourth-order valence-corrected chi connectivity index (χ4v) is 3.05. The molecule has 0 unspecified atom stereocenters. The van der Waals surface area contributed by atoms with Crippen molar-refractivity contribution in [1.29, 1.82) is 0 Å². The molecule has 0 radical (unpaired) electrons. The number of aromatic nitrogens is 3. The van der Waals surface area contributed by atoms with E-state index in [-0.39, 0.29) is 17.8 Å². The van der Waals surface area contributed by atoms with E-state index >= 15 is 0 Å². The van der Waals surface area contributed by atoms with E-state index in [1.54, 1.807) is 0 Å². The molecule has 2 aromatic heterocycles. The van der Waals surface area contributed by atoms with Crippen LogP contribution in [0.3, 0.4) is 0 Å². The highest BCUT2D eigenvalue weighted by Gasteiger charge is 2.13. The number of carbonyl (C=O) groups excluding carboxylic acids is 1. The first kappa shape index (κ1) is 17.7. The van der Waals surface area contributed by atoms with Crippen molar-refractivity contribution in [2.24, 2.45) is 0 Å². The van der Waals surface area contributed by atoms with Gasteiger partial charge in [-0.15, -0.1) is 10.2 Å². The summed E-state index contributed by atoms with van der Waals surface area (Å²) < 4.78 is 19.0. The van der Waals surface area contributed by atoms with Gasteiger partial charge < -0.3 is 4.42 Å². The maximum atomic E-state index is 13.7. The molecule has 138 valence electrons. The second kappa shape index (κ2) is 7.52. The molecule has 0 N–H and O–H groups in total. The van der Waals surface area contributed by atoms with Gasteiger partial charge in [-0.1, -0.05) is 30.3 Å². The lowest BCUT2D eigenvalue weighted by Crippen LogP contribution is -2.06. The number of halogens is 1. The molecule has 5 nitrogen and oxygen atoms in total. The molecule has 28 heavy (non-hydrogen) atoms. The van der Waals surface area contributed by atoms with Gasteiger partial charge in [-0.05, 0) is 47.4 Å². The fraction of sp³-hybridized carbons (Fsp3) is 0.0909. The van der Waals surface area contributed by atoms with Crippen molar-refractivity contribution in [3.05, 3.63) is 89.8 Å². The zero-order valence-corrected chi connectivity index (χ0v) is 15.1. The van der Waals surface area contributed by atoms with Crippen molar-refractivity contribution in [3.63, 3.8) is 0 Å². The largest absolute Gasteiger partial charge is 0.423 e. The topological polar surface area (TPSA) is 68.9 Å². The van der Waals surface area contributed by atoms with E-state index in [0.717, 1.165) is 34.0 Å². The molecule has 0 fully saturated rings. The van der Waals surface area contributed by atoms with Gasteiger partial charge in [-0.3, -0.25) is 9.78 Å². The average Bonchev–Trinajstić information content (AvgIpc) is 3.24. The quantitative estimate of drug-likeness (QED) is 0.476. The Balaban J connectivity index is 1.58. The number of rotatable bonds is 5. The SMILES string of the molecule is Cc1ccc(-c2nnco2)cc1-c1ccc(CC(=O)c2ccncc2F)cc1. The Kier molecular flexibility index (Phi) is 4.76. The molecule has 4 rings (SSSR count). The van der Waals surface area contributed by atoms with E-state index in [0.29, 0.717) is 5.89 Å². The first-order valence-corrected chi connectivity index (χ1v) is 8.71. The first-order chi connectivity index (χ1) is 13.6. The maximum absolute atomic E-state index is 13.7. The lowest BCUT2D eigenvalue weighted by Gasteiger charge is -2.09. The monoisotopic (exact) mass is 373 g/mol. The van der Waals surface area contributed by atoms with Gasteiger partial charge in [0.1, 0.15) is 0 Å². The second-order valence-corrected chi connectivity index (χ2v) is 6.43. The highest BCUT2D eigenvalue weighted by Crippen LogP contribution is 2.29. The Morgan fingerprint density at radius 3 is 2.57 bits per heavy atom. The lowest BCUT2D eigenvalue weighted by atomic mass is 9.96. The van der Waals surface area contributed by atoms with Gasteiger partial charge in [0.05, 0.1) is 11.8 Å². The van der Waals surface area contributed by atoms with E-state index < -0.39 is 5.82 Å². The summed E-state index contributed by atoms with van der Waals surface area (Å²) in [6.45, 7) is 2.02. The Hall–Kier alpha value is -3.67. The van der Waals surface area contributed by atoms with Crippen molar-refractivity contribution in [1.82, 2.24) is 15.2 Å². The molecule has 0 aliphatic carbocycles. The van der Waals surface area contributed by atoms with Crippen LogP contribution in [0.4, 0.5) is 4.39 Å². The highest BCUT2D eigenvalue weighted by atomic mass is 19.1. The molecule has 0 saturated carbocycles. The van der Waals surface area contributed by atoms with Crippen LogP contribution in [0.2, 0.25) is 0 Å². The molecule has 2 heterocycles. The van der Waals surface area contributed by atoms with Crippen LogP contribution in [0.5, 0.6) is 0 Å². The summed E-state index contributed by atoms with van der Waals surface area (Å²) in [7, 11) is 0. The van der Waals surface area contributed by atoms with Gasteiger partial charge in [0.2, 0.25) is 12.3 Å². The van der Waals surface area contributed by atoms with Gasteiger partial charge in [0.25, 0.3) is 0 Å². The van der Waals surface area contributed by atoms with Gasteiger partial charge in [-0.2, -0.15) is 0 Å². The predicted molar refractivity (Wildman–Crippen MR) is 102 cm³/mol. The van der Waals surface area contributed by atoms with Crippen molar-refractivity contribution < 1.29 is 13.6 Å². The lowest BCUT2D eigenvalue weighted by molar-refractivity contribution is 0.0989. The van der Waals surface area contributed by atoms with Crippen molar-refractivity contribution in [2.75, 3.05) is 0 Å². The van der Waals surface area contributed by atoms with E-state index in [1.165, 1.54) is 18.7 Å². The van der Waals surface area contributed by atoms with Gasteiger partial charge in [0, 0.05) is 18.2 Å². The summed E-state index contributed by atoms with van der Waals surface area (Å²) in [5, 5.41) is 7.66. The van der Waals surface area contributed by atoms with Gasteiger partial charge in [-0.25, -0.2) is 4.39 Å². The zero-order valence-electron chi connectivity index (χ0n) is 15.1.